The lowest BCUT2D eigenvalue weighted by Gasteiger charge is -2.42. The van der Waals surface area contributed by atoms with Crippen LogP contribution in [0.15, 0.2) is 24.3 Å². The minimum Gasteiger partial charge on any atom is -0.326 e. The van der Waals surface area contributed by atoms with Crippen LogP contribution in [0.5, 0.6) is 0 Å². The van der Waals surface area contributed by atoms with E-state index in [9.17, 15) is 4.79 Å². The zero-order valence-electron chi connectivity index (χ0n) is 14.4. The Morgan fingerprint density at radius 2 is 1.65 bits per heavy atom. The van der Waals surface area contributed by atoms with Crippen molar-refractivity contribution in [2.24, 2.45) is 5.41 Å². The monoisotopic (exact) mass is 361 g/mol. The van der Waals surface area contributed by atoms with Gasteiger partial charge >= 0.3 is 0 Å². The summed E-state index contributed by atoms with van der Waals surface area (Å²) in [4.78, 5) is 13.7. The molecule has 0 saturated carbocycles. The number of rotatable bonds is 3. The number of hydrogen-bond donors (Lipinski definition) is 2. The summed E-state index contributed by atoms with van der Waals surface area (Å²) in [5, 5.41) is 6.24. The van der Waals surface area contributed by atoms with E-state index in [1.165, 1.54) is 12.5 Å². The van der Waals surface area contributed by atoms with Crippen molar-refractivity contribution in [3.8, 4) is 0 Å². The van der Waals surface area contributed by atoms with Crippen LogP contribution in [-0.2, 0) is 4.79 Å². The maximum absolute atomic E-state index is 11.1. The summed E-state index contributed by atoms with van der Waals surface area (Å²) in [6.07, 6.45) is 0. The number of nitrogens with one attached hydrogen (secondary N) is 2. The SMILES string of the molecule is CC(=O)Nc1ccc([C@H](N2CCNCC2)C(C)(C)C)cc1.Cl.Cl. The van der Waals surface area contributed by atoms with Gasteiger partial charge in [-0.3, -0.25) is 9.69 Å². The Bertz CT molecular complexity index is 480. The van der Waals surface area contributed by atoms with Gasteiger partial charge in [-0.25, -0.2) is 0 Å². The summed E-state index contributed by atoms with van der Waals surface area (Å²) in [6, 6.07) is 8.67. The van der Waals surface area contributed by atoms with Crippen molar-refractivity contribution in [2.45, 2.75) is 33.7 Å². The fourth-order valence-electron chi connectivity index (χ4n) is 3.15. The van der Waals surface area contributed by atoms with Gasteiger partial charge < -0.3 is 10.6 Å². The molecule has 132 valence electrons. The zero-order chi connectivity index (χ0) is 15.5. The minimum absolute atomic E-state index is 0. The number of hydrogen-bond acceptors (Lipinski definition) is 3. The lowest BCUT2D eigenvalue weighted by atomic mass is 9.81. The van der Waals surface area contributed by atoms with Gasteiger partial charge in [0.1, 0.15) is 0 Å². The summed E-state index contributed by atoms with van der Waals surface area (Å²) in [5.41, 5.74) is 2.35. The molecule has 0 aliphatic carbocycles. The van der Waals surface area contributed by atoms with Crippen molar-refractivity contribution >= 4 is 36.4 Å². The van der Waals surface area contributed by atoms with Gasteiger partial charge in [-0.2, -0.15) is 0 Å². The van der Waals surface area contributed by atoms with Gasteiger partial charge in [0.25, 0.3) is 0 Å². The number of piperazine rings is 1. The van der Waals surface area contributed by atoms with Crippen molar-refractivity contribution < 1.29 is 4.79 Å². The standard InChI is InChI=1S/C17H27N3O.2ClH/c1-13(21)19-15-7-5-14(6-8-15)16(17(2,3)4)20-11-9-18-10-12-20;;/h5-8,16,18H,9-12H2,1-4H3,(H,19,21);2*1H/t16-;;/m0../s1. The molecule has 2 rings (SSSR count). The van der Waals surface area contributed by atoms with E-state index >= 15 is 0 Å². The fraction of sp³-hybridized carbons (Fsp3) is 0.588. The van der Waals surface area contributed by atoms with E-state index in [0.717, 1.165) is 31.9 Å². The molecule has 0 aromatic heterocycles. The van der Waals surface area contributed by atoms with E-state index in [0.29, 0.717) is 6.04 Å². The maximum Gasteiger partial charge on any atom is 0.221 e. The van der Waals surface area contributed by atoms with Crippen LogP contribution < -0.4 is 10.6 Å². The molecule has 1 atom stereocenters. The second kappa shape index (κ2) is 9.48. The van der Waals surface area contributed by atoms with Gasteiger partial charge in [-0.05, 0) is 23.1 Å². The van der Waals surface area contributed by atoms with Crippen molar-refractivity contribution in [1.29, 1.82) is 0 Å². The van der Waals surface area contributed by atoms with Crippen molar-refractivity contribution in [3.63, 3.8) is 0 Å². The second-order valence-corrected chi connectivity index (χ2v) is 6.86. The third-order valence-electron chi connectivity index (χ3n) is 3.88. The topological polar surface area (TPSA) is 44.4 Å². The molecule has 0 unspecified atom stereocenters. The van der Waals surface area contributed by atoms with Gasteiger partial charge in [-0.15, -0.1) is 24.8 Å². The molecule has 1 saturated heterocycles. The van der Waals surface area contributed by atoms with Crippen LogP contribution in [0.3, 0.4) is 0 Å². The third kappa shape index (κ3) is 6.30. The summed E-state index contributed by atoms with van der Waals surface area (Å²) >= 11 is 0. The van der Waals surface area contributed by atoms with Crippen molar-refractivity contribution in [1.82, 2.24) is 10.2 Å². The lowest BCUT2D eigenvalue weighted by Crippen LogP contribution is -2.48. The van der Waals surface area contributed by atoms with Gasteiger partial charge in [0.05, 0.1) is 0 Å². The first kappa shape index (κ1) is 22.2. The molecule has 1 aromatic rings. The molecule has 0 spiro atoms. The van der Waals surface area contributed by atoms with Crippen LogP contribution in [0.25, 0.3) is 0 Å². The van der Waals surface area contributed by atoms with Crippen LogP contribution >= 0.6 is 24.8 Å². The maximum atomic E-state index is 11.1. The zero-order valence-corrected chi connectivity index (χ0v) is 16.0. The van der Waals surface area contributed by atoms with E-state index < -0.39 is 0 Å². The number of amides is 1. The Morgan fingerprint density at radius 3 is 2.09 bits per heavy atom. The molecule has 1 aromatic carbocycles. The van der Waals surface area contributed by atoms with Crippen molar-refractivity contribution in [2.75, 3.05) is 31.5 Å². The quantitative estimate of drug-likeness (QED) is 0.865. The smallest absolute Gasteiger partial charge is 0.221 e. The number of halogens is 2. The molecule has 1 fully saturated rings. The summed E-state index contributed by atoms with van der Waals surface area (Å²) in [7, 11) is 0. The first-order valence-corrected chi connectivity index (χ1v) is 7.70. The molecule has 23 heavy (non-hydrogen) atoms. The highest BCUT2D eigenvalue weighted by Gasteiger charge is 2.32. The van der Waals surface area contributed by atoms with E-state index in [1.54, 1.807) is 0 Å². The van der Waals surface area contributed by atoms with Gasteiger partial charge in [0.15, 0.2) is 0 Å². The van der Waals surface area contributed by atoms with E-state index in [4.69, 9.17) is 0 Å². The number of carbonyl (C=O) groups is 1. The highest BCUT2D eigenvalue weighted by molar-refractivity contribution is 5.88. The molecule has 1 amide bonds. The van der Waals surface area contributed by atoms with E-state index in [-0.39, 0.29) is 36.1 Å². The molecule has 6 heteroatoms. The largest absolute Gasteiger partial charge is 0.326 e. The Kier molecular flexibility index (Phi) is 9.14. The molecule has 4 nitrogen and oxygen atoms in total. The predicted octanol–water partition coefficient (Wildman–Crippen LogP) is 3.48. The minimum atomic E-state index is -0.0303. The first-order valence-electron chi connectivity index (χ1n) is 7.70. The number of anilines is 1. The normalized spacial score (nSPS) is 16.7. The molecule has 0 bridgehead atoms. The molecule has 1 aliphatic rings. The summed E-state index contributed by atoms with van der Waals surface area (Å²) < 4.78 is 0. The van der Waals surface area contributed by atoms with E-state index in [1.807, 2.05) is 12.1 Å². The lowest BCUT2D eigenvalue weighted by molar-refractivity contribution is -0.114. The highest BCUT2D eigenvalue weighted by Crippen LogP contribution is 2.38. The van der Waals surface area contributed by atoms with Gasteiger partial charge in [-0.1, -0.05) is 32.9 Å². The van der Waals surface area contributed by atoms with Crippen molar-refractivity contribution in [3.05, 3.63) is 29.8 Å². The fourth-order valence-corrected chi connectivity index (χ4v) is 3.15. The Morgan fingerprint density at radius 1 is 1.13 bits per heavy atom. The predicted molar refractivity (Wildman–Crippen MR) is 102 cm³/mol. The van der Waals surface area contributed by atoms with E-state index in [2.05, 4.69) is 48.4 Å². The molecule has 0 radical (unpaired) electrons. The number of benzene rings is 1. The molecule has 1 aliphatic heterocycles. The Hall–Kier alpha value is -0.810. The molecular formula is C17H29Cl2N3O. The molecule has 2 N–H and O–H groups in total. The highest BCUT2D eigenvalue weighted by atomic mass is 35.5. The average Bonchev–Trinajstić information content (AvgIpc) is 2.40. The Labute approximate surface area is 152 Å². The molecular weight excluding hydrogens is 333 g/mol. The summed E-state index contributed by atoms with van der Waals surface area (Å²) in [5.74, 6) is -0.0303. The Balaban J connectivity index is 0.00000242. The molecule has 1 heterocycles. The van der Waals surface area contributed by atoms with Gasteiger partial charge in [0, 0.05) is 44.8 Å². The second-order valence-electron chi connectivity index (χ2n) is 6.86. The van der Waals surface area contributed by atoms with Crippen LogP contribution in [0, 0.1) is 5.41 Å². The van der Waals surface area contributed by atoms with Crippen LogP contribution in [0.4, 0.5) is 5.69 Å². The number of carbonyl (C=O) groups excluding carboxylic acids is 1. The van der Waals surface area contributed by atoms with Gasteiger partial charge in [0.2, 0.25) is 5.91 Å². The average molecular weight is 362 g/mol. The third-order valence-corrected chi connectivity index (χ3v) is 3.88. The number of nitrogens with zero attached hydrogens (tertiary/aromatic N) is 1. The van der Waals surface area contributed by atoms with Crippen LogP contribution in [0.1, 0.15) is 39.3 Å². The van der Waals surface area contributed by atoms with Crippen LogP contribution in [0.2, 0.25) is 0 Å². The summed E-state index contributed by atoms with van der Waals surface area (Å²) in [6.45, 7) is 12.7. The van der Waals surface area contributed by atoms with Crippen LogP contribution in [-0.4, -0.2) is 37.0 Å². The first-order chi connectivity index (χ1) is 9.88.